The minimum absolute atomic E-state index is 0.298. The predicted molar refractivity (Wildman–Crippen MR) is 109 cm³/mol. The fraction of sp³-hybridized carbons (Fsp3) is 0.143. The Morgan fingerprint density at radius 2 is 1.81 bits per heavy atom. The van der Waals surface area contributed by atoms with Crippen LogP contribution in [-0.4, -0.2) is 18.0 Å². The summed E-state index contributed by atoms with van der Waals surface area (Å²) in [7, 11) is 1.54. The van der Waals surface area contributed by atoms with Crippen molar-refractivity contribution in [3.05, 3.63) is 76.6 Å². The molecule has 27 heavy (non-hydrogen) atoms. The number of benzene rings is 2. The third-order valence-corrected chi connectivity index (χ3v) is 4.40. The van der Waals surface area contributed by atoms with E-state index in [-0.39, 0.29) is 5.91 Å². The van der Waals surface area contributed by atoms with Crippen molar-refractivity contribution in [3.63, 3.8) is 0 Å². The van der Waals surface area contributed by atoms with Gasteiger partial charge in [0.05, 0.1) is 30.2 Å². The molecule has 3 aromatic rings. The van der Waals surface area contributed by atoms with Crippen LogP contribution in [0.4, 0.5) is 17.1 Å². The van der Waals surface area contributed by atoms with Crippen LogP contribution in [0.3, 0.4) is 0 Å². The van der Waals surface area contributed by atoms with Gasteiger partial charge in [0.1, 0.15) is 5.75 Å². The summed E-state index contributed by atoms with van der Waals surface area (Å²) >= 11 is 6.02. The van der Waals surface area contributed by atoms with E-state index in [1.807, 2.05) is 32.0 Å². The number of ether oxygens (including phenoxy) is 1. The number of pyridine rings is 1. The van der Waals surface area contributed by atoms with Crippen molar-refractivity contribution in [2.24, 2.45) is 0 Å². The van der Waals surface area contributed by atoms with Gasteiger partial charge in [-0.3, -0.25) is 9.78 Å². The number of rotatable bonds is 5. The normalized spacial score (nSPS) is 10.4. The molecule has 6 heteroatoms. The van der Waals surface area contributed by atoms with Gasteiger partial charge in [-0.15, -0.1) is 0 Å². The van der Waals surface area contributed by atoms with Gasteiger partial charge < -0.3 is 15.4 Å². The maximum atomic E-state index is 12.7. The Hall–Kier alpha value is -3.05. The summed E-state index contributed by atoms with van der Waals surface area (Å²) < 4.78 is 5.26. The second-order valence-corrected chi connectivity index (χ2v) is 6.59. The van der Waals surface area contributed by atoms with Crippen LogP contribution < -0.4 is 15.4 Å². The second kappa shape index (κ2) is 8.10. The SMILES string of the molecule is COc1ccc(Cl)cc1NC(=O)c1cncc(Nc2c(C)cccc2C)c1. The lowest BCUT2D eigenvalue weighted by molar-refractivity contribution is 0.102. The fourth-order valence-electron chi connectivity index (χ4n) is 2.76. The maximum absolute atomic E-state index is 12.7. The van der Waals surface area contributed by atoms with E-state index in [4.69, 9.17) is 16.3 Å². The van der Waals surface area contributed by atoms with E-state index in [0.29, 0.717) is 22.0 Å². The highest BCUT2D eigenvalue weighted by Crippen LogP contribution is 2.28. The topological polar surface area (TPSA) is 63.2 Å². The Bertz CT molecular complexity index is 969. The van der Waals surface area contributed by atoms with Crippen LogP contribution >= 0.6 is 11.6 Å². The van der Waals surface area contributed by atoms with Gasteiger partial charge in [-0.1, -0.05) is 29.8 Å². The molecule has 0 saturated heterocycles. The van der Waals surface area contributed by atoms with Gasteiger partial charge in [0, 0.05) is 16.9 Å². The zero-order valence-electron chi connectivity index (χ0n) is 15.3. The molecule has 0 aliphatic carbocycles. The predicted octanol–water partition coefficient (Wildman–Crippen LogP) is 5.36. The Labute approximate surface area is 163 Å². The summed E-state index contributed by atoms with van der Waals surface area (Å²) in [6.07, 6.45) is 3.20. The first kappa shape index (κ1) is 18.7. The number of amides is 1. The number of hydrogen-bond acceptors (Lipinski definition) is 4. The molecule has 138 valence electrons. The largest absolute Gasteiger partial charge is 0.495 e. The highest BCUT2D eigenvalue weighted by molar-refractivity contribution is 6.31. The van der Waals surface area contributed by atoms with Gasteiger partial charge in [-0.25, -0.2) is 0 Å². The number of nitrogens with one attached hydrogen (secondary N) is 2. The lowest BCUT2D eigenvalue weighted by Gasteiger charge is -2.14. The number of nitrogens with zero attached hydrogens (tertiary/aromatic N) is 1. The molecule has 2 aromatic carbocycles. The van der Waals surface area contributed by atoms with Crippen molar-refractivity contribution in [1.82, 2.24) is 4.98 Å². The molecule has 1 amide bonds. The van der Waals surface area contributed by atoms with Gasteiger partial charge in [-0.2, -0.15) is 0 Å². The number of aromatic nitrogens is 1. The van der Waals surface area contributed by atoms with Gasteiger partial charge in [-0.05, 0) is 49.2 Å². The van der Waals surface area contributed by atoms with E-state index in [1.54, 1.807) is 30.5 Å². The molecule has 0 aliphatic rings. The van der Waals surface area contributed by atoms with Gasteiger partial charge in [0.2, 0.25) is 0 Å². The van der Waals surface area contributed by atoms with Crippen molar-refractivity contribution in [2.75, 3.05) is 17.7 Å². The number of anilines is 3. The average Bonchev–Trinajstić information content (AvgIpc) is 2.65. The fourth-order valence-corrected chi connectivity index (χ4v) is 2.93. The van der Waals surface area contributed by atoms with E-state index in [9.17, 15) is 4.79 Å². The van der Waals surface area contributed by atoms with Crippen molar-refractivity contribution < 1.29 is 9.53 Å². The summed E-state index contributed by atoms with van der Waals surface area (Å²) in [5.74, 6) is 0.235. The lowest BCUT2D eigenvalue weighted by Crippen LogP contribution is -2.13. The monoisotopic (exact) mass is 381 g/mol. The summed E-state index contributed by atoms with van der Waals surface area (Å²) in [4.78, 5) is 16.8. The van der Waals surface area contributed by atoms with Crippen LogP contribution in [0.25, 0.3) is 0 Å². The van der Waals surface area contributed by atoms with Crippen LogP contribution in [0.5, 0.6) is 5.75 Å². The molecule has 0 unspecified atom stereocenters. The zero-order valence-corrected chi connectivity index (χ0v) is 16.1. The highest BCUT2D eigenvalue weighted by Gasteiger charge is 2.12. The molecule has 1 heterocycles. The number of carbonyl (C=O) groups is 1. The Morgan fingerprint density at radius 3 is 2.52 bits per heavy atom. The minimum Gasteiger partial charge on any atom is -0.495 e. The highest BCUT2D eigenvalue weighted by atomic mass is 35.5. The molecule has 0 bridgehead atoms. The summed E-state index contributed by atoms with van der Waals surface area (Å²) in [6.45, 7) is 4.06. The van der Waals surface area contributed by atoms with Gasteiger partial charge >= 0.3 is 0 Å². The Kier molecular flexibility index (Phi) is 5.62. The standard InChI is InChI=1S/C21H20ClN3O2/c1-13-5-4-6-14(2)20(13)24-17-9-15(11-23-12-17)21(26)25-18-10-16(22)7-8-19(18)27-3/h4-12,24H,1-3H3,(H,25,26). The molecule has 0 radical (unpaired) electrons. The van der Waals surface area contributed by atoms with Crippen LogP contribution in [0.1, 0.15) is 21.5 Å². The first-order valence-electron chi connectivity index (χ1n) is 8.41. The first-order valence-corrected chi connectivity index (χ1v) is 8.79. The van der Waals surface area contributed by atoms with Crippen molar-refractivity contribution >= 4 is 34.6 Å². The number of hydrogen-bond donors (Lipinski definition) is 2. The molecule has 0 aliphatic heterocycles. The van der Waals surface area contributed by atoms with Gasteiger partial charge in [0.15, 0.2) is 0 Å². The molecule has 3 rings (SSSR count). The van der Waals surface area contributed by atoms with E-state index in [2.05, 4.69) is 15.6 Å². The van der Waals surface area contributed by atoms with E-state index in [1.165, 1.54) is 13.3 Å². The van der Waals surface area contributed by atoms with Crippen molar-refractivity contribution in [1.29, 1.82) is 0 Å². The number of para-hydroxylation sites is 1. The number of halogens is 1. The first-order chi connectivity index (χ1) is 13.0. The molecular weight excluding hydrogens is 362 g/mol. The molecule has 1 aromatic heterocycles. The molecule has 0 fully saturated rings. The minimum atomic E-state index is -0.298. The summed E-state index contributed by atoms with van der Waals surface area (Å²) in [5.41, 5.74) is 4.91. The molecule has 5 nitrogen and oxygen atoms in total. The third kappa shape index (κ3) is 4.38. The maximum Gasteiger partial charge on any atom is 0.257 e. The summed E-state index contributed by atoms with van der Waals surface area (Å²) in [6, 6.07) is 12.9. The lowest BCUT2D eigenvalue weighted by atomic mass is 10.1. The van der Waals surface area contributed by atoms with E-state index >= 15 is 0 Å². The number of carbonyl (C=O) groups excluding carboxylic acids is 1. The number of aryl methyl sites for hydroxylation is 2. The Morgan fingerprint density at radius 1 is 1.07 bits per heavy atom. The van der Waals surface area contributed by atoms with Crippen LogP contribution in [-0.2, 0) is 0 Å². The molecule has 0 atom stereocenters. The zero-order chi connectivity index (χ0) is 19.4. The van der Waals surface area contributed by atoms with Crippen LogP contribution in [0.2, 0.25) is 5.02 Å². The molecular formula is C21H20ClN3O2. The summed E-state index contributed by atoms with van der Waals surface area (Å²) in [5, 5.41) is 6.67. The molecule has 2 N–H and O–H groups in total. The van der Waals surface area contributed by atoms with Crippen LogP contribution in [0.15, 0.2) is 54.9 Å². The molecule has 0 saturated carbocycles. The third-order valence-electron chi connectivity index (χ3n) is 4.16. The van der Waals surface area contributed by atoms with Crippen LogP contribution in [0, 0.1) is 13.8 Å². The number of methoxy groups -OCH3 is 1. The van der Waals surface area contributed by atoms with Crippen molar-refractivity contribution in [3.8, 4) is 5.75 Å². The molecule has 0 spiro atoms. The average molecular weight is 382 g/mol. The quantitative estimate of drug-likeness (QED) is 0.624. The Balaban J connectivity index is 1.83. The smallest absolute Gasteiger partial charge is 0.257 e. The van der Waals surface area contributed by atoms with Crippen molar-refractivity contribution in [2.45, 2.75) is 13.8 Å². The van der Waals surface area contributed by atoms with E-state index in [0.717, 1.165) is 22.5 Å². The van der Waals surface area contributed by atoms with E-state index < -0.39 is 0 Å². The second-order valence-electron chi connectivity index (χ2n) is 6.15. The van der Waals surface area contributed by atoms with Gasteiger partial charge in [0.25, 0.3) is 5.91 Å².